The van der Waals surface area contributed by atoms with Gasteiger partial charge in [-0.3, -0.25) is 0 Å². The van der Waals surface area contributed by atoms with Crippen LogP contribution in [0.2, 0.25) is 0 Å². The van der Waals surface area contributed by atoms with E-state index in [2.05, 4.69) is 13.8 Å². The van der Waals surface area contributed by atoms with Crippen LogP contribution >= 0.6 is 24.8 Å². The molecule has 0 spiro atoms. The molecular weight excluding hydrogens is 443 g/mol. The average molecular weight is 484 g/mol. The molecule has 0 amide bonds. The third-order valence-corrected chi connectivity index (χ3v) is 7.88. The van der Waals surface area contributed by atoms with Crippen molar-refractivity contribution < 1.29 is 10.2 Å². The predicted octanol–water partition coefficient (Wildman–Crippen LogP) is 6.75. The molecule has 4 nitrogen and oxygen atoms in total. The van der Waals surface area contributed by atoms with Crippen LogP contribution in [0.15, 0.2) is 24.3 Å². The van der Waals surface area contributed by atoms with E-state index < -0.39 is 0 Å². The Bertz CT molecular complexity index is 907. The number of hydrogen-bond donors (Lipinski definition) is 4. The molecule has 32 heavy (non-hydrogen) atoms. The molecule has 2 aliphatic rings. The first-order valence-corrected chi connectivity index (χ1v) is 11.8. The summed E-state index contributed by atoms with van der Waals surface area (Å²) < 4.78 is 0. The maximum Gasteiger partial charge on any atom is 0.128 e. The fourth-order valence-corrected chi connectivity index (χ4v) is 6.14. The van der Waals surface area contributed by atoms with Crippen molar-refractivity contribution in [2.75, 3.05) is 0 Å². The normalized spacial score (nSPS) is 27.8. The van der Waals surface area contributed by atoms with Gasteiger partial charge in [0.05, 0.1) is 0 Å². The number of phenols is 2. The van der Waals surface area contributed by atoms with E-state index >= 15 is 0 Å². The quantitative estimate of drug-likeness (QED) is 0.387. The van der Waals surface area contributed by atoms with Gasteiger partial charge in [-0.2, -0.15) is 0 Å². The summed E-state index contributed by atoms with van der Waals surface area (Å²) in [6.45, 7) is 4.58. The fourth-order valence-electron chi connectivity index (χ4n) is 6.14. The van der Waals surface area contributed by atoms with Crippen LogP contribution in [-0.4, -0.2) is 10.2 Å². The summed E-state index contributed by atoms with van der Waals surface area (Å²) >= 11 is 0. The van der Waals surface area contributed by atoms with Crippen LogP contribution in [0.5, 0.6) is 11.5 Å². The van der Waals surface area contributed by atoms with E-state index in [1.54, 1.807) is 12.1 Å². The SMILES string of the molecule is CC1CCCC(C(N)c2ccc3c(C(N)C4CCCC(C)C4)c(O)ccc3c2O)C1.Cl.Cl. The maximum absolute atomic E-state index is 11.2. The largest absolute Gasteiger partial charge is 0.508 e. The third-order valence-electron chi connectivity index (χ3n) is 7.88. The summed E-state index contributed by atoms with van der Waals surface area (Å²) in [4.78, 5) is 0. The summed E-state index contributed by atoms with van der Waals surface area (Å²) in [6, 6.07) is 7.07. The molecule has 2 saturated carbocycles. The number of benzene rings is 2. The molecule has 0 bridgehead atoms. The molecule has 6 heteroatoms. The molecule has 2 aromatic rings. The number of fused-ring (bicyclic) bond motifs is 1. The maximum atomic E-state index is 11.2. The van der Waals surface area contributed by atoms with Gasteiger partial charge in [-0.05, 0) is 66.9 Å². The number of nitrogens with two attached hydrogens (primary N) is 2. The second kappa shape index (κ2) is 11.3. The van der Waals surface area contributed by atoms with Crippen molar-refractivity contribution in [1.29, 1.82) is 0 Å². The van der Waals surface area contributed by atoms with Gasteiger partial charge < -0.3 is 21.7 Å². The lowest BCUT2D eigenvalue weighted by Gasteiger charge is -2.33. The van der Waals surface area contributed by atoms with E-state index in [1.165, 1.54) is 25.7 Å². The van der Waals surface area contributed by atoms with Crippen LogP contribution < -0.4 is 11.5 Å². The van der Waals surface area contributed by atoms with E-state index in [1.807, 2.05) is 12.1 Å². The Morgan fingerprint density at radius 3 is 1.84 bits per heavy atom. The molecule has 0 aromatic heterocycles. The highest BCUT2D eigenvalue weighted by atomic mass is 35.5. The first kappa shape index (κ1) is 27.0. The number of hydrogen-bond acceptors (Lipinski definition) is 4. The smallest absolute Gasteiger partial charge is 0.128 e. The van der Waals surface area contributed by atoms with Crippen LogP contribution in [-0.2, 0) is 0 Å². The molecular formula is C26H40Cl2N2O2. The van der Waals surface area contributed by atoms with Gasteiger partial charge in [0.15, 0.2) is 0 Å². The third kappa shape index (κ3) is 5.30. The number of aromatic hydroxyl groups is 2. The van der Waals surface area contributed by atoms with Crippen molar-refractivity contribution in [2.45, 2.75) is 77.3 Å². The highest BCUT2D eigenvalue weighted by molar-refractivity contribution is 5.94. The lowest BCUT2D eigenvalue weighted by Crippen LogP contribution is -2.27. The van der Waals surface area contributed by atoms with E-state index in [4.69, 9.17) is 11.5 Å². The Morgan fingerprint density at radius 2 is 1.28 bits per heavy atom. The van der Waals surface area contributed by atoms with Crippen molar-refractivity contribution in [1.82, 2.24) is 0 Å². The lowest BCUT2D eigenvalue weighted by molar-refractivity contribution is 0.245. The molecule has 6 N–H and O–H groups in total. The standard InChI is InChI=1S/C26H38N2O2.2ClH/c1-15-5-3-7-17(13-15)24(27)21-10-9-19-20(26(21)30)11-12-22(29)23(19)25(28)18-8-4-6-16(2)14-18;;/h9-12,15-18,24-25,29-30H,3-8,13-14,27-28H2,1-2H3;2*1H. The molecule has 6 unspecified atom stereocenters. The zero-order valence-corrected chi connectivity index (χ0v) is 20.9. The molecule has 6 atom stereocenters. The second-order valence-electron chi connectivity index (χ2n) is 10.2. The van der Waals surface area contributed by atoms with Crippen LogP contribution in [0.3, 0.4) is 0 Å². The molecule has 4 rings (SSSR count). The molecule has 0 aliphatic heterocycles. The fraction of sp³-hybridized carbons (Fsp3) is 0.615. The molecule has 0 heterocycles. The average Bonchev–Trinajstić information content (AvgIpc) is 2.73. The predicted molar refractivity (Wildman–Crippen MR) is 138 cm³/mol. The minimum Gasteiger partial charge on any atom is -0.508 e. The topological polar surface area (TPSA) is 92.5 Å². The van der Waals surface area contributed by atoms with E-state index in [0.29, 0.717) is 23.7 Å². The zero-order chi connectivity index (χ0) is 21.4. The Kier molecular flexibility index (Phi) is 9.54. The Labute approximate surface area is 205 Å². The van der Waals surface area contributed by atoms with Gasteiger partial charge in [0.2, 0.25) is 0 Å². The second-order valence-corrected chi connectivity index (χ2v) is 10.2. The van der Waals surface area contributed by atoms with Gasteiger partial charge in [0.1, 0.15) is 11.5 Å². The minimum atomic E-state index is -0.227. The van der Waals surface area contributed by atoms with Gasteiger partial charge >= 0.3 is 0 Å². The lowest BCUT2D eigenvalue weighted by atomic mass is 9.75. The van der Waals surface area contributed by atoms with Crippen LogP contribution in [0.25, 0.3) is 10.8 Å². The molecule has 2 aliphatic carbocycles. The Morgan fingerprint density at radius 1 is 0.750 bits per heavy atom. The highest BCUT2D eigenvalue weighted by Crippen LogP contribution is 2.45. The molecule has 2 aromatic carbocycles. The van der Waals surface area contributed by atoms with Gasteiger partial charge in [-0.15, -0.1) is 24.8 Å². The van der Waals surface area contributed by atoms with Crippen LogP contribution in [0, 0.1) is 23.7 Å². The Hall–Kier alpha value is -1.20. The van der Waals surface area contributed by atoms with Gasteiger partial charge in [0.25, 0.3) is 0 Å². The zero-order valence-electron chi connectivity index (χ0n) is 19.3. The van der Waals surface area contributed by atoms with Crippen molar-refractivity contribution in [2.24, 2.45) is 35.1 Å². The summed E-state index contributed by atoms with van der Waals surface area (Å²) in [5.41, 5.74) is 15.0. The summed E-state index contributed by atoms with van der Waals surface area (Å²) in [5, 5.41) is 23.5. The van der Waals surface area contributed by atoms with Crippen molar-refractivity contribution in [3.05, 3.63) is 35.4 Å². The van der Waals surface area contributed by atoms with Crippen molar-refractivity contribution in [3.63, 3.8) is 0 Å². The summed E-state index contributed by atoms with van der Waals surface area (Å²) in [6.07, 6.45) is 9.34. The number of halogens is 2. The molecule has 0 saturated heterocycles. The van der Waals surface area contributed by atoms with Gasteiger partial charge in [0, 0.05) is 28.6 Å². The molecule has 2 fully saturated rings. The molecule has 0 radical (unpaired) electrons. The summed E-state index contributed by atoms with van der Waals surface area (Å²) in [7, 11) is 0. The van der Waals surface area contributed by atoms with Crippen LogP contribution in [0.4, 0.5) is 0 Å². The van der Waals surface area contributed by atoms with E-state index in [0.717, 1.165) is 47.6 Å². The van der Waals surface area contributed by atoms with Crippen molar-refractivity contribution >= 4 is 35.6 Å². The minimum absolute atomic E-state index is 0. The molecule has 180 valence electrons. The number of phenolic OH excluding ortho intramolecular Hbond substituents is 2. The van der Waals surface area contributed by atoms with Gasteiger partial charge in [-0.25, -0.2) is 0 Å². The van der Waals surface area contributed by atoms with Crippen molar-refractivity contribution in [3.8, 4) is 11.5 Å². The van der Waals surface area contributed by atoms with Crippen LogP contribution in [0.1, 0.15) is 88.4 Å². The van der Waals surface area contributed by atoms with E-state index in [-0.39, 0.29) is 48.4 Å². The van der Waals surface area contributed by atoms with Gasteiger partial charge in [-0.1, -0.05) is 51.7 Å². The highest BCUT2D eigenvalue weighted by Gasteiger charge is 2.30. The monoisotopic (exact) mass is 482 g/mol. The first-order valence-electron chi connectivity index (χ1n) is 11.8. The Balaban J connectivity index is 0.00000181. The first-order chi connectivity index (χ1) is 14.4. The van der Waals surface area contributed by atoms with E-state index in [9.17, 15) is 10.2 Å². The summed E-state index contributed by atoms with van der Waals surface area (Å²) in [5.74, 6) is 2.60. The number of rotatable bonds is 4.